The van der Waals surface area contributed by atoms with E-state index in [4.69, 9.17) is 5.11 Å². The van der Waals surface area contributed by atoms with E-state index >= 15 is 0 Å². The molecule has 1 aromatic rings. The Labute approximate surface area is 113 Å². The first-order valence-electron chi connectivity index (χ1n) is 5.53. The zero-order chi connectivity index (χ0) is 14.5. The van der Waals surface area contributed by atoms with Crippen LogP contribution in [0.3, 0.4) is 0 Å². The number of hydrogen-bond donors (Lipinski definition) is 3. The minimum absolute atomic E-state index is 0.0393. The SMILES string of the molecule is Cc1ncc(CO)c(CNCCSC(F)(F)F)c1O. The van der Waals surface area contributed by atoms with E-state index < -0.39 is 5.51 Å². The maximum atomic E-state index is 11.9. The number of aromatic nitrogens is 1. The average Bonchev–Trinajstić information content (AvgIpc) is 2.32. The molecule has 0 aromatic carbocycles. The van der Waals surface area contributed by atoms with Crippen LogP contribution >= 0.6 is 11.8 Å². The van der Waals surface area contributed by atoms with Crippen molar-refractivity contribution in [2.45, 2.75) is 25.6 Å². The van der Waals surface area contributed by atoms with Crippen molar-refractivity contribution < 1.29 is 23.4 Å². The molecule has 0 saturated heterocycles. The van der Waals surface area contributed by atoms with Gasteiger partial charge in [0.1, 0.15) is 5.75 Å². The van der Waals surface area contributed by atoms with Crippen LogP contribution in [0.25, 0.3) is 0 Å². The molecule has 0 aliphatic heterocycles. The van der Waals surface area contributed by atoms with Gasteiger partial charge in [0.2, 0.25) is 0 Å². The molecule has 0 atom stereocenters. The summed E-state index contributed by atoms with van der Waals surface area (Å²) in [5.41, 5.74) is -2.89. The highest BCUT2D eigenvalue weighted by atomic mass is 32.2. The highest BCUT2D eigenvalue weighted by molar-refractivity contribution is 8.00. The van der Waals surface area contributed by atoms with E-state index in [-0.39, 0.29) is 43.0 Å². The Morgan fingerprint density at radius 1 is 1.42 bits per heavy atom. The minimum atomic E-state index is -4.23. The first-order chi connectivity index (χ1) is 8.85. The number of aliphatic hydroxyl groups is 1. The summed E-state index contributed by atoms with van der Waals surface area (Å²) in [7, 11) is 0. The molecule has 0 unspecified atom stereocenters. The molecule has 1 aromatic heterocycles. The maximum Gasteiger partial charge on any atom is 0.441 e. The number of aryl methyl sites for hydroxylation is 1. The zero-order valence-corrected chi connectivity index (χ0v) is 11.1. The van der Waals surface area contributed by atoms with Crippen LogP contribution in [0, 0.1) is 6.92 Å². The van der Waals surface area contributed by atoms with Crippen LogP contribution in [0.15, 0.2) is 6.20 Å². The van der Waals surface area contributed by atoms with E-state index in [2.05, 4.69) is 10.3 Å². The van der Waals surface area contributed by atoms with Gasteiger partial charge in [0.15, 0.2) is 0 Å². The van der Waals surface area contributed by atoms with Gasteiger partial charge in [-0.1, -0.05) is 0 Å². The number of thioether (sulfide) groups is 1. The largest absolute Gasteiger partial charge is 0.506 e. The number of hydrogen-bond acceptors (Lipinski definition) is 5. The van der Waals surface area contributed by atoms with E-state index in [1.807, 2.05) is 0 Å². The molecule has 1 heterocycles. The summed E-state index contributed by atoms with van der Waals surface area (Å²) in [5, 5.41) is 21.7. The van der Waals surface area contributed by atoms with Crippen molar-refractivity contribution >= 4 is 11.8 Å². The third-order valence-electron chi connectivity index (χ3n) is 2.45. The highest BCUT2D eigenvalue weighted by Crippen LogP contribution is 2.29. The second kappa shape index (κ2) is 6.97. The quantitative estimate of drug-likeness (QED) is 0.700. The molecule has 19 heavy (non-hydrogen) atoms. The number of nitrogens with one attached hydrogen (secondary N) is 1. The van der Waals surface area contributed by atoms with E-state index in [1.54, 1.807) is 6.92 Å². The Kier molecular flexibility index (Phi) is 5.89. The summed E-state index contributed by atoms with van der Waals surface area (Å²) >= 11 is -0.101. The van der Waals surface area contributed by atoms with Gasteiger partial charge in [0.25, 0.3) is 0 Å². The first-order valence-corrected chi connectivity index (χ1v) is 6.52. The Bertz CT molecular complexity index is 427. The van der Waals surface area contributed by atoms with Crippen molar-refractivity contribution in [3.05, 3.63) is 23.0 Å². The van der Waals surface area contributed by atoms with E-state index in [0.29, 0.717) is 16.8 Å². The first kappa shape index (κ1) is 16.1. The second-order valence-electron chi connectivity index (χ2n) is 3.83. The standard InChI is InChI=1S/C11H15F3N2O2S/c1-7-10(18)9(8(6-17)4-16-7)5-15-2-3-19-11(12,13)14/h4,15,17-18H,2-3,5-6H2,1H3. The molecule has 0 fully saturated rings. The van der Waals surface area contributed by atoms with Gasteiger partial charge < -0.3 is 15.5 Å². The molecule has 108 valence electrons. The highest BCUT2D eigenvalue weighted by Gasteiger charge is 2.27. The van der Waals surface area contributed by atoms with Crippen molar-refractivity contribution in [1.82, 2.24) is 10.3 Å². The van der Waals surface area contributed by atoms with Crippen molar-refractivity contribution in [3.8, 4) is 5.75 Å². The molecule has 0 aliphatic carbocycles. The fraction of sp³-hybridized carbons (Fsp3) is 0.545. The monoisotopic (exact) mass is 296 g/mol. The van der Waals surface area contributed by atoms with E-state index in [1.165, 1.54) is 6.20 Å². The molecule has 0 amide bonds. The Hall–Kier alpha value is -0.990. The minimum Gasteiger partial charge on any atom is -0.506 e. The number of aromatic hydroxyl groups is 1. The summed E-state index contributed by atoms with van der Waals surface area (Å²) in [6, 6.07) is 0. The lowest BCUT2D eigenvalue weighted by molar-refractivity contribution is -0.0327. The summed E-state index contributed by atoms with van der Waals surface area (Å²) in [6.45, 7) is 1.66. The lowest BCUT2D eigenvalue weighted by atomic mass is 10.1. The van der Waals surface area contributed by atoms with Gasteiger partial charge in [0.05, 0.1) is 12.3 Å². The van der Waals surface area contributed by atoms with Crippen LogP contribution in [0.5, 0.6) is 5.75 Å². The Balaban J connectivity index is 2.51. The molecule has 3 N–H and O–H groups in total. The molecule has 0 bridgehead atoms. The smallest absolute Gasteiger partial charge is 0.441 e. The van der Waals surface area contributed by atoms with Crippen molar-refractivity contribution in [3.63, 3.8) is 0 Å². The third-order valence-corrected chi connectivity index (χ3v) is 3.18. The van der Waals surface area contributed by atoms with Gasteiger partial charge in [0, 0.05) is 36.2 Å². The van der Waals surface area contributed by atoms with Crippen molar-refractivity contribution in [2.24, 2.45) is 0 Å². The van der Waals surface area contributed by atoms with Crippen LogP contribution in [0.4, 0.5) is 13.2 Å². The second-order valence-corrected chi connectivity index (χ2v) is 4.98. The summed E-state index contributed by atoms with van der Waals surface area (Å²) in [5.74, 6) is -0.148. The molecule has 0 spiro atoms. The number of pyridine rings is 1. The number of rotatable bonds is 6. The van der Waals surface area contributed by atoms with Crippen LogP contribution in [-0.4, -0.2) is 33.0 Å². The van der Waals surface area contributed by atoms with Crippen LogP contribution in [0.2, 0.25) is 0 Å². The fourth-order valence-corrected chi connectivity index (χ4v) is 1.95. The number of alkyl halides is 3. The molecule has 0 saturated carbocycles. The normalized spacial score (nSPS) is 11.8. The average molecular weight is 296 g/mol. The van der Waals surface area contributed by atoms with Gasteiger partial charge in [-0.15, -0.1) is 0 Å². The van der Waals surface area contributed by atoms with Crippen LogP contribution in [-0.2, 0) is 13.2 Å². The van der Waals surface area contributed by atoms with E-state index in [0.717, 1.165) is 0 Å². The lowest BCUT2D eigenvalue weighted by Gasteiger charge is -2.12. The van der Waals surface area contributed by atoms with Gasteiger partial charge in [-0.2, -0.15) is 13.2 Å². The topological polar surface area (TPSA) is 65.4 Å². The van der Waals surface area contributed by atoms with Gasteiger partial charge >= 0.3 is 5.51 Å². The van der Waals surface area contributed by atoms with Gasteiger partial charge in [-0.05, 0) is 18.7 Å². The summed E-state index contributed by atoms with van der Waals surface area (Å²) < 4.78 is 35.7. The predicted octanol–water partition coefficient (Wildman–Crippen LogP) is 1.93. The summed E-state index contributed by atoms with van der Waals surface area (Å²) in [6.07, 6.45) is 1.44. The molecule has 4 nitrogen and oxygen atoms in total. The molecule has 1 rings (SSSR count). The molecule has 0 radical (unpaired) electrons. The van der Waals surface area contributed by atoms with E-state index in [9.17, 15) is 18.3 Å². The van der Waals surface area contributed by atoms with Gasteiger partial charge in [-0.3, -0.25) is 4.98 Å². The Morgan fingerprint density at radius 2 is 2.11 bits per heavy atom. The third kappa shape index (κ3) is 5.25. The molecular weight excluding hydrogens is 281 g/mol. The van der Waals surface area contributed by atoms with Crippen molar-refractivity contribution in [1.29, 1.82) is 0 Å². The number of aliphatic hydroxyl groups excluding tert-OH is 1. The lowest BCUT2D eigenvalue weighted by Crippen LogP contribution is -2.19. The number of nitrogens with zero attached hydrogens (tertiary/aromatic N) is 1. The number of halogens is 3. The molecule has 8 heteroatoms. The van der Waals surface area contributed by atoms with Crippen molar-refractivity contribution in [2.75, 3.05) is 12.3 Å². The predicted molar refractivity (Wildman–Crippen MR) is 66.8 cm³/mol. The van der Waals surface area contributed by atoms with Crippen LogP contribution in [0.1, 0.15) is 16.8 Å². The fourth-order valence-electron chi connectivity index (χ4n) is 1.47. The molecule has 0 aliphatic rings. The maximum absolute atomic E-state index is 11.9. The Morgan fingerprint density at radius 3 is 2.68 bits per heavy atom. The zero-order valence-electron chi connectivity index (χ0n) is 10.3. The van der Waals surface area contributed by atoms with Gasteiger partial charge in [-0.25, -0.2) is 0 Å². The van der Waals surface area contributed by atoms with Crippen LogP contribution < -0.4 is 5.32 Å². The molecular formula is C11H15F3N2O2S. The summed E-state index contributed by atoms with van der Waals surface area (Å²) in [4.78, 5) is 3.90.